The third kappa shape index (κ3) is 4.19. The van der Waals surface area contributed by atoms with Crippen LogP contribution in [0, 0.1) is 6.92 Å². The molecule has 1 fully saturated rings. The number of benzene rings is 2. The molecule has 0 spiro atoms. The van der Waals surface area contributed by atoms with Gasteiger partial charge in [-0.2, -0.15) is 0 Å². The summed E-state index contributed by atoms with van der Waals surface area (Å²) in [6.45, 7) is 5.75. The zero-order valence-electron chi connectivity index (χ0n) is 15.7. The number of aromatic nitrogens is 1. The van der Waals surface area contributed by atoms with Crippen LogP contribution in [0.4, 0.5) is 0 Å². The molecule has 1 aliphatic rings. The number of thiazole rings is 1. The maximum atomic E-state index is 13.0. The van der Waals surface area contributed by atoms with Gasteiger partial charge in [-0.25, -0.2) is 4.98 Å². The first-order valence-corrected chi connectivity index (χ1v) is 11.2. The molecule has 140 valence electrons. The number of thioether (sulfide) groups is 1. The molecule has 1 aliphatic heterocycles. The van der Waals surface area contributed by atoms with Crippen LogP contribution in [-0.2, 0) is 4.79 Å². The maximum absolute atomic E-state index is 13.0. The molecule has 4 rings (SSSR count). The number of amides is 1. The zero-order chi connectivity index (χ0) is 18.8. The highest BCUT2D eigenvalue weighted by molar-refractivity contribution is 8.00. The molecule has 0 aliphatic carbocycles. The summed E-state index contributed by atoms with van der Waals surface area (Å²) < 4.78 is 1.24. The Labute approximate surface area is 168 Å². The number of likely N-dealkylation sites (tertiary alicyclic amines) is 1. The number of piperidine rings is 1. The second kappa shape index (κ2) is 8.03. The van der Waals surface area contributed by atoms with Crippen LogP contribution in [0.25, 0.3) is 10.2 Å². The van der Waals surface area contributed by atoms with Crippen molar-refractivity contribution in [1.29, 1.82) is 0 Å². The minimum Gasteiger partial charge on any atom is -0.341 e. The Morgan fingerprint density at radius 3 is 2.78 bits per heavy atom. The van der Waals surface area contributed by atoms with E-state index in [1.165, 1.54) is 15.3 Å². The maximum Gasteiger partial charge on any atom is 0.235 e. The molecule has 3 nitrogen and oxygen atoms in total. The highest BCUT2D eigenvalue weighted by atomic mass is 32.2. The number of carbonyl (C=O) groups is 1. The average Bonchev–Trinajstić information content (AvgIpc) is 3.13. The van der Waals surface area contributed by atoms with Gasteiger partial charge < -0.3 is 4.90 Å². The van der Waals surface area contributed by atoms with Crippen molar-refractivity contribution in [2.75, 3.05) is 13.1 Å². The van der Waals surface area contributed by atoms with Crippen LogP contribution >= 0.6 is 23.1 Å². The first kappa shape index (κ1) is 18.5. The minimum atomic E-state index is -0.0678. The molecule has 1 amide bonds. The average molecular weight is 397 g/mol. The normalized spacial score (nSPS) is 18.6. The second-order valence-electron chi connectivity index (χ2n) is 7.22. The lowest BCUT2D eigenvalue weighted by atomic mass is 9.98. The number of fused-ring (bicyclic) bond motifs is 1. The van der Waals surface area contributed by atoms with Crippen molar-refractivity contribution in [3.05, 3.63) is 59.1 Å². The fourth-order valence-corrected chi connectivity index (χ4v) is 5.62. The molecule has 3 aromatic rings. The number of hydrogen-bond acceptors (Lipinski definition) is 4. The molecular formula is C22H24N2OS2. The molecule has 1 saturated heterocycles. The summed E-state index contributed by atoms with van der Waals surface area (Å²) >= 11 is 3.43. The highest BCUT2D eigenvalue weighted by Crippen LogP contribution is 2.34. The van der Waals surface area contributed by atoms with E-state index in [0.717, 1.165) is 36.3 Å². The van der Waals surface area contributed by atoms with Crippen LogP contribution in [0.3, 0.4) is 0 Å². The van der Waals surface area contributed by atoms with Crippen LogP contribution in [0.15, 0.2) is 53.4 Å². The summed E-state index contributed by atoms with van der Waals surface area (Å²) in [5.41, 5.74) is 2.32. The molecule has 27 heavy (non-hydrogen) atoms. The quantitative estimate of drug-likeness (QED) is 0.547. The van der Waals surface area contributed by atoms with Crippen LogP contribution in [0.2, 0.25) is 0 Å². The van der Waals surface area contributed by atoms with E-state index < -0.39 is 0 Å². The summed E-state index contributed by atoms with van der Waals surface area (Å²) in [5.74, 6) is 0.600. The molecule has 0 bridgehead atoms. The Kier molecular flexibility index (Phi) is 5.50. The lowest BCUT2D eigenvalue weighted by molar-refractivity contribution is -0.131. The van der Waals surface area contributed by atoms with Crippen LogP contribution in [0.1, 0.15) is 36.3 Å². The van der Waals surface area contributed by atoms with Crippen molar-refractivity contribution in [2.24, 2.45) is 0 Å². The van der Waals surface area contributed by atoms with Crippen molar-refractivity contribution in [2.45, 2.75) is 42.8 Å². The lowest BCUT2D eigenvalue weighted by Gasteiger charge is -2.33. The molecule has 0 N–H and O–H groups in total. The smallest absolute Gasteiger partial charge is 0.235 e. The Balaban J connectivity index is 1.43. The van der Waals surface area contributed by atoms with Crippen LogP contribution < -0.4 is 0 Å². The van der Waals surface area contributed by atoms with Crippen LogP contribution in [0.5, 0.6) is 0 Å². The highest BCUT2D eigenvalue weighted by Gasteiger charge is 2.29. The van der Waals surface area contributed by atoms with Gasteiger partial charge in [-0.1, -0.05) is 29.8 Å². The standard InChI is InChI=1S/C22H24N2OS2/c1-15-9-11-18(12-10-15)26-16(2)22(25)24-13-5-6-17(14-24)21-23-19-7-3-4-8-20(19)27-21/h3-4,7-12,16-17H,5-6,13-14H2,1-2H3/t16-,17-/m1/s1. The van der Waals surface area contributed by atoms with E-state index in [1.807, 2.05) is 17.9 Å². The fraction of sp³-hybridized carbons (Fsp3) is 0.364. The van der Waals surface area contributed by atoms with Gasteiger partial charge in [0, 0.05) is 23.9 Å². The molecule has 2 heterocycles. The predicted octanol–water partition coefficient (Wildman–Crippen LogP) is 5.49. The van der Waals surface area contributed by atoms with E-state index in [4.69, 9.17) is 4.98 Å². The van der Waals surface area contributed by atoms with Gasteiger partial charge in [-0.3, -0.25) is 4.79 Å². The van der Waals surface area contributed by atoms with Gasteiger partial charge in [-0.05, 0) is 51.0 Å². The van der Waals surface area contributed by atoms with E-state index in [9.17, 15) is 4.79 Å². The van der Waals surface area contributed by atoms with Crippen molar-refractivity contribution in [3.63, 3.8) is 0 Å². The minimum absolute atomic E-state index is 0.0678. The zero-order valence-corrected chi connectivity index (χ0v) is 17.4. The van der Waals surface area contributed by atoms with E-state index in [2.05, 4.69) is 49.4 Å². The Bertz CT molecular complexity index is 902. The molecular weight excluding hydrogens is 372 g/mol. The SMILES string of the molecule is Cc1ccc(S[C@H](C)C(=O)N2CCC[C@@H](c3nc4ccccc4s3)C2)cc1. The van der Waals surface area contributed by atoms with E-state index >= 15 is 0 Å². The molecule has 2 aromatic carbocycles. The van der Waals surface area contributed by atoms with Gasteiger partial charge in [0.15, 0.2) is 0 Å². The van der Waals surface area contributed by atoms with Gasteiger partial charge in [0.2, 0.25) is 5.91 Å². The molecule has 0 unspecified atom stereocenters. The van der Waals surface area contributed by atoms with Gasteiger partial charge in [-0.15, -0.1) is 23.1 Å². The molecule has 1 aromatic heterocycles. The second-order valence-corrected chi connectivity index (χ2v) is 9.69. The number of carbonyl (C=O) groups excluding carboxylic acids is 1. The molecule has 2 atom stereocenters. The largest absolute Gasteiger partial charge is 0.341 e. The fourth-order valence-electron chi connectivity index (χ4n) is 3.57. The van der Waals surface area contributed by atoms with Gasteiger partial charge in [0.25, 0.3) is 0 Å². The third-order valence-corrected chi connectivity index (χ3v) is 7.37. The number of nitrogens with zero attached hydrogens (tertiary/aromatic N) is 2. The van der Waals surface area contributed by atoms with Gasteiger partial charge in [0.05, 0.1) is 20.5 Å². The van der Waals surface area contributed by atoms with Gasteiger partial charge >= 0.3 is 0 Å². The van der Waals surface area contributed by atoms with Crippen molar-refractivity contribution in [1.82, 2.24) is 9.88 Å². The number of para-hydroxylation sites is 1. The third-order valence-electron chi connectivity index (χ3n) is 5.07. The summed E-state index contributed by atoms with van der Waals surface area (Å²) in [6.07, 6.45) is 2.16. The molecule has 0 saturated carbocycles. The van der Waals surface area contributed by atoms with E-state index in [0.29, 0.717) is 5.92 Å². The van der Waals surface area contributed by atoms with Crippen molar-refractivity contribution >= 4 is 39.2 Å². The summed E-state index contributed by atoms with van der Waals surface area (Å²) in [5, 5.41) is 1.11. The number of aryl methyl sites for hydroxylation is 1. The number of hydrogen-bond donors (Lipinski definition) is 0. The van der Waals surface area contributed by atoms with Crippen LogP contribution in [-0.4, -0.2) is 34.1 Å². The summed E-state index contributed by atoms with van der Waals surface area (Å²) in [7, 11) is 0. The first-order valence-electron chi connectivity index (χ1n) is 9.48. The Morgan fingerprint density at radius 1 is 1.22 bits per heavy atom. The topological polar surface area (TPSA) is 33.2 Å². The number of rotatable bonds is 4. The van der Waals surface area contributed by atoms with Crippen molar-refractivity contribution < 1.29 is 4.79 Å². The summed E-state index contributed by atoms with van der Waals surface area (Å²) in [4.78, 5) is 21.0. The summed E-state index contributed by atoms with van der Waals surface area (Å²) in [6, 6.07) is 16.7. The predicted molar refractivity (Wildman–Crippen MR) is 115 cm³/mol. The van der Waals surface area contributed by atoms with E-state index in [-0.39, 0.29) is 11.2 Å². The van der Waals surface area contributed by atoms with E-state index in [1.54, 1.807) is 23.1 Å². The Morgan fingerprint density at radius 2 is 2.00 bits per heavy atom. The lowest BCUT2D eigenvalue weighted by Crippen LogP contribution is -2.42. The molecule has 5 heteroatoms. The van der Waals surface area contributed by atoms with Gasteiger partial charge in [0.1, 0.15) is 0 Å². The monoisotopic (exact) mass is 396 g/mol. The first-order chi connectivity index (χ1) is 13.1. The Hall–Kier alpha value is -1.85. The molecule has 0 radical (unpaired) electrons. The van der Waals surface area contributed by atoms with Crippen molar-refractivity contribution in [3.8, 4) is 0 Å².